The van der Waals surface area contributed by atoms with Crippen molar-refractivity contribution in [1.29, 1.82) is 0 Å². The molecule has 1 heterocycles. The van der Waals surface area contributed by atoms with Gasteiger partial charge in [0, 0.05) is 23.1 Å². The van der Waals surface area contributed by atoms with Crippen LogP contribution in [0.4, 0.5) is 0 Å². The summed E-state index contributed by atoms with van der Waals surface area (Å²) in [6, 6.07) is 6.79. The highest BCUT2D eigenvalue weighted by molar-refractivity contribution is 9.10. The summed E-state index contributed by atoms with van der Waals surface area (Å²) in [4.78, 5) is 27.1. The molecule has 0 saturated carbocycles. The molecule has 0 aliphatic carbocycles. The lowest BCUT2D eigenvalue weighted by atomic mass is 10.0. The molecule has 126 valence electrons. The van der Waals surface area contributed by atoms with E-state index < -0.39 is 6.04 Å². The summed E-state index contributed by atoms with van der Waals surface area (Å²) in [5.41, 5.74) is 0.569. The van der Waals surface area contributed by atoms with Crippen LogP contribution < -0.4 is 5.32 Å². The Labute approximate surface area is 146 Å². The minimum Gasteiger partial charge on any atom is -0.341 e. The number of hydrogen-bond donors (Lipinski definition) is 1. The second-order valence-corrected chi connectivity index (χ2v) is 7.47. The van der Waals surface area contributed by atoms with Crippen LogP contribution in [0.25, 0.3) is 0 Å². The molecule has 0 bridgehead atoms. The Morgan fingerprint density at radius 3 is 2.52 bits per heavy atom. The average Bonchev–Trinajstić information content (AvgIpc) is 2.54. The summed E-state index contributed by atoms with van der Waals surface area (Å²) in [6.07, 6.45) is 3.96. The van der Waals surface area contributed by atoms with Crippen LogP contribution in [0.2, 0.25) is 0 Å². The molecular formula is C18H25BrN2O2. The van der Waals surface area contributed by atoms with Gasteiger partial charge < -0.3 is 10.2 Å². The third-order valence-electron chi connectivity index (χ3n) is 4.07. The molecule has 5 heteroatoms. The highest BCUT2D eigenvalue weighted by Gasteiger charge is 2.27. The SMILES string of the molecule is CC(C)C[C@H](NC(=O)c1cccc(Br)c1)C(=O)N1CCCCC1. The van der Waals surface area contributed by atoms with Crippen LogP contribution in [0, 0.1) is 5.92 Å². The third-order valence-corrected chi connectivity index (χ3v) is 4.56. The zero-order chi connectivity index (χ0) is 16.8. The number of hydrogen-bond acceptors (Lipinski definition) is 2. The molecular weight excluding hydrogens is 356 g/mol. The molecule has 1 aliphatic heterocycles. The smallest absolute Gasteiger partial charge is 0.251 e. The second-order valence-electron chi connectivity index (χ2n) is 6.55. The average molecular weight is 381 g/mol. The van der Waals surface area contributed by atoms with E-state index in [0.717, 1.165) is 30.4 Å². The van der Waals surface area contributed by atoms with Crippen molar-refractivity contribution in [2.45, 2.75) is 45.6 Å². The summed E-state index contributed by atoms with van der Waals surface area (Å²) >= 11 is 3.37. The maximum atomic E-state index is 12.8. The summed E-state index contributed by atoms with van der Waals surface area (Å²) < 4.78 is 0.855. The lowest BCUT2D eigenvalue weighted by molar-refractivity contribution is -0.134. The number of rotatable bonds is 5. The Bertz CT molecular complexity index is 554. The van der Waals surface area contributed by atoms with Gasteiger partial charge in [0.05, 0.1) is 0 Å². The van der Waals surface area contributed by atoms with Gasteiger partial charge in [-0.25, -0.2) is 0 Å². The predicted octanol–water partition coefficient (Wildman–Crippen LogP) is 3.61. The zero-order valence-corrected chi connectivity index (χ0v) is 15.4. The van der Waals surface area contributed by atoms with Crippen molar-refractivity contribution < 1.29 is 9.59 Å². The maximum absolute atomic E-state index is 12.8. The van der Waals surface area contributed by atoms with Gasteiger partial charge in [-0.15, -0.1) is 0 Å². The van der Waals surface area contributed by atoms with E-state index in [1.54, 1.807) is 12.1 Å². The molecule has 23 heavy (non-hydrogen) atoms. The second kappa shape index (κ2) is 8.48. The fourth-order valence-corrected chi connectivity index (χ4v) is 3.30. The summed E-state index contributed by atoms with van der Waals surface area (Å²) in [7, 11) is 0. The molecule has 1 saturated heterocycles. The summed E-state index contributed by atoms with van der Waals surface area (Å²) in [5, 5.41) is 2.94. The van der Waals surface area contributed by atoms with E-state index in [0.29, 0.717) is 17.9 Å². The van der Waals surface area contributed by atoms with E-state index in [1.807, 2.05) is 17.0 Å². The van der Waals surface area contributed by atoms with Gasteiger partial charge in [-0.1, -0.05) is 35.8 Å². The van der Waals surface area contributed by atoms with Gasteiger partial charge in [-0.2, -0.15) is 0 Å². The molecule has 0 spiro atoms. The topological polar surface area (TPSA) is 49.4 Å². The van der Waals surface area contributed by atoms with Crippen LogP contribution in [0.3, 0.4) is 0 Å². The van der Waals surface area contributed by atoms with E-state index in [-0.39, 0.29) is 11.8 Å². The van der Waals surface area contributed by atoms with Gasteiger partial charge in [-0.3, -0.25) is 9.59 Å². The number of benzene rings is 1. The van der Waals surface area contributed by atoms with Crippen LogP contribution >= 0.6 is 15.9 Å². The first-order chi connectivity index (χ1) is 11.0. The maximum Gasteiger partial charge on any atom is 0.251 e. The number of likely N-dealkylation sites (tertiary alicyclic amines) is 1. The van der Waals surface area contributed by atoms with E-state index in [4.69, 9.17) is 0 Å². The number of halogens is 1. The van der Waals surface area contributed by atoms with E-state index >= 15 is 0 Å². The number of nitrogens with one attached hydrogen (secondary N) is 1. The van der Waals surface area contributed by atoms with Gasteiger partial charge >= 0.3 is 0 Å². The standard InChI is InChI=1S/C18H25BrN2O2/c1-13(2)11-16(18(23)21-9-4-3-5-10-21)20-17(22)14-7-6-8-15(19)12-14/h6-8,12-13,16H,3-5,9-11H2,1-2H3,(H,20,22)/t16-/m0/s1. The predicted molar refractivity (Wildman–Crippen MR) is 95.3 cm³/mol. The molecule has 1 aromatic carbocycles. The van der Waals surface area contributed by atoms with Gasteiger partial charge in [0.25, 0.3) is 5.91 Å². The number of piperidine rings is 1. The minimum atomic E-state index is -0.445. The van der Waals surface area contributed by atoms with Crippen molar-refractivity contribution in [3.8, 4) is 0 Å². The summed E-state index contributed by atoms with van der Waals surface area (Å²) in [5.74, 6) is 0.209. The molecule has 1 N–H and O–H groups in total. The van der Waals surface area contributed by atoms with Gasteiger partial charge in [-0.05, 0) is 49.8 Å². The van der Waals surface area contributed by atoms with Crippen LogP contribution in [0.15, 0.2) is 28.7 Å². The van der Waals surface area contributed by atoms with Crippen molar-refractivity contribution >= 4 is 27.7 Å². The molecule has 4 nitrogen and oxygen atoms in total. The molecule has 2 amide bonds. The third kappa shape index (κ3) is 5.34. The molecule has 1 fully saturated rings. The van der Waals surface area contributed by atoms with Gasteiger partial charge in [0.2, 0.25) is 5.91 Å². The number of nitrogens with zero attached hydrogens (tertiary/aromatic N) is 1. The lowest BCUT2D eigenvalue weighted by Crippen LogP contribution is -2.50. The largest absolute Gasteiger partial charge is 0.341 e. The normalized spacial score (nSPS) is 16.3. The molecule has 0 radical (unpaired) electrons. The van der Waals surface area contributed by atoms with Crippen molar-refractivity contribution in [3.63, 3.8) is 0 Å². The Morgan fingerprint density at radius 2 is 1.91 bits per heavy atom. The van der Waals surface area contributed by atoms with E-state index in [2.05, 4.69) is 35.1 Å². The Balaban J connectivity index is 2.08. The van der Waals surface area contributed by atoms with Gasteiger partial charge in [0.1, 0.15) is 6.04 Å². The van der Waals surface area contributed by atoms with Crippen molar-refractivity contribution in [3.05, 3.63) is 34.3 Å². The fourth-order valence-electron chi connectivity index (χ4n) is 2.90. The molecule has 0 aromatic heterocycles. The Hall–Kier alpha value is -1.36. The van der Waals surface area contributed by atoms with Crippen molar-refractivity contribution in [2.24, 2.45) is 5.92 Å². The molecule has 1 aromatic rings. The highest BCUT2D eigenvalue weighted by Crippen LogP contribution is 2.15. The van der Waals surface area contributed by atoms with Gasteiger partial charge in [0.15, 0.2) is 0 Å². The Morgan fingerprint density at radius 1 is 1.22 bits per heavy atom. The first-order valence-corrected chi connectivity index (χ1v) is 9.12. The van der Waals surface area contributed by atoms with E-state index in [1.165, 1.54) is 6.42 Å². The molecule has 0 unspecified atom stereocenters. The first-order valence-electron chi connectivity index (χ1n) is 8.32. The minimum absolute atomic E-state index is 0.0572. The highest BCUT2D eigenvalue weighted by atomic mass is 79.9. The summed E-state index contributed by atoms with van der Waals surface area (Å²) in [6.45, 7) is 5.75. The Kier molecular flexibility index (Phi) is 6.63. The lowest BCUT2D eigenvalue weighted by Gasteiger charge is -2.31. The molecule has 1 aliphatic rings. The van der Waals surface area contributed by atoms with Crippen molar-refractivity contribution in [1.82, 2.24) is 10.2 Å². The molecule has 2 rings (SSSR count). The number of carbonyl (C=O) groups is 2. The quantitative estimate of drug-likeness (QED) is 0.847. The van der Waals surface area contributed by atoms with E-state index in [9.17, 15) is 9.59 Å². The first kappa shape index (κ1) is 18.0. The number of amides is 2. The van der Waals surface area contributed by atoms with Crippen LogP contribution in [-0.2, 0) is 4.79 Å². The van der Waals surface area contributed by atoms with Crippen LogP contribution in [-0.4, -0.2) is 35.8 Å². The fraction of sp³-hybridized carbons (Fsp3) is 0.556. The number of carbonyl (C=O) groups excluding carboxylic acids is 2. The van der Waals surface area contributed by atoms with Crippen LogP contribution in [0.5, 0.6) is 0 Å². The van der Waals surface area contributed by atoms with Crippen LogP contribution in [0.1, 0.15) is 49.9 Å². The monoisotopic (exact) mass is 380 g/mol. The van der Waals surface area contributed by atoms with Crippen molar-refractivity contribution in [2.75, 3.05) is 13.1 Å². The zero-order valence-electron chi connectivity index (χ0n) is 13.8. The molecule has 1 atom stereocenters.